The van der Waals surface area contributed by atoms with Gasteiger partial charge >= 0.3 is 0 Å². The number of aryl methyl sites for hydroxylation is 1. The monoisotopic (exact) mass is 389 g/mol. The number of carbonyl (C=O) groups excluding carboxylic acids is 1. The topological polar surface area (TPSA) is 73.2 Å². The van der Waals surface area contributed by atoms with Crippen molar-refractivity contribution in [2.24, 2.45) is 0 Å². The first kappa shape index (κ1) is 19.6. The van der Waals surface area contributed by atoms with Gasteiger partial charge in [0.2, 0.25) is 0 Å². The van der Waals surface area contributed by atoms with E-state index in [2.05, 4.69) is 10.4 Å². The predicted octanol–water partition coefficient (Wildman–Crippen LogP) is 2.78. The van der Waals surface area contributed by atoms with E-state index in [1.54, 1.807) is 0 Å². The average molecular weight is 390 g/mol. The second-order valence-electron chi connectivity index (χ2n) is 6.86. The molecule has 0 saturated carbocycles. The highest BCUT2D eigenvalue weighted by Gasteiger charge is 2.35. The van der Waals surface area contributed by atoms with E-state index >= 15 is 0 Å². The Morgan fingerprint density at radius 2 is 1.93 bits per heavy atom. The highest BCUT2D eigenvalue weighted by molar-refractivity contribution is 6.30. The second-order valence-corrected chi connectivity index (χ2v) is 7.30. The Labute approximate surface area is 163 Å². The number of benzene rings is 1. The van der Waals surface area contributed by atoms with Crippen LogP contribution in [0.15, 0.2) is 41.2 Å². The van der Waals surface area contributed by atoms with Crippen LogP contribution in [0, 0.1) is 0 Å². The Balaban J connectivity index is 1.77. The maximum Gasteiger partial charge on any atom is 0.271 e. The van der Waals surface area contributed by atoms with Gasteiger partial charge in [0, 0.05) is 42.8 Å². The molecule has 1 fully saturated rings. The van der Waals surface area contributed by atoms with Crippen molar-refractivity contribution >= 4 is 17.5 Å². The lowest BCUT2D eigenvalue weighted by atomic mass is 9.74. The Bertz CT molecular complexity index is 842. The number of halogens is 1. The lowest BCUT2D eigenvalue weighted by molar-refractivity contribution is 0.0486. The summed E-state index contributed by atoms with van der Waals surface area (Å²) in [5.74, 6) is -0.278. The molecule has 3 rings (SSSR count). The van der Waals surface area contributed by atoms with E-state index in [4.69, 9.17) is 16.3 Å². The maximum absolute atomic E-state index is 12.6. The molecule has 7 heteroatoms. The Kier molecular flexibility index (Phi) is 6.29. The van der Waals surface area contributed by atoms with Crippen molar-refractivity contribution in [3.8, 4) is 0 Å². The largest absolute Gasteiger partial charge is 0.381 e. The van der Waals surface area contributed by atoms with Gasteiger partial charge in [0.1, 0.15) is 5.69 Å². The first-order chi connectivity index (χ1) is 13.0. The molecule has 1 aliphatic rings. The van der Waals surface area contributed by atoms with Crippen LogP contribution in [0.4, 0.5) is 0 Å². The zero-order chi connectivity index (χ0) is 19.3. The quantitative estimate of drug-likeness (QED) is 0.824. The minimum atomic E-state index is -0.278. The van der Waals surface area contributed by atoms with E-state index in [1.165, 1.54) is 16.8 Å². The number of aromatic nitrogens is 2. The molecular weight excluding hydrogens is 366 g/mol. The molecule has 1 N–H and O–H groups in total. The number of hydrogen-bond acceptors (Lipinski definition) is 4. The molecule has 0 radical (unpaired) electrons. The third-order valence-electron chi connectivity index (χ3n) is 5.03. The van der Waals surface area contributed by atoms with Gasteiger partial charge in [-0.2, -0.15) is 5.10 Å². The van der Waals surface area contributed by atoms with Crippen LogP contribution in [-0.4, -0.2) is 35.4 Å². The highest BCUT2D eigenvalue weighted by Crippen LogP contribution is 2.34. The first-order valence-electron chi connectivity index (χ1n) is 9.24. The fourth-order valence-corrected chi connectivity index (χ4v) is 3.54. The SMILES string of the molecule is CCCn1nc(C(=O)NCC2(c3ccc(Cl)cc3)CCOCC2)ccc1=O. The van der Waals surface area contributed by atoms with Crippen molar-refractivity contribution in [1.82, 2.24) is 15.1 Å². The summed E-state index contributed by atoms with van der Waals surface area (Å²) < 4.78 is 6.86. The van der Waals surface area contributed by atoms with Gasteiger partial charge in [0.15, 0.2) is 0 Å². The summed E-state index contributed by atoms with van der Waals surface area (Å²) in [5.41, 5.74) is 0.993. The number of ether oxygens (including phenoxy) is 1. The van der Waals surface area contributed by atoms with E-state index in [0.29, 0.717) is 31.3 Å². The van der Waals surface area contributed by atoms with Gasteiger partial charge in [0.05, 0.1) is 0 Å². The number of amides is 1. The molecule has 0 aliphatic carbocycles. The summed E-state index contributed by atoms with van der Waals surface area (Å²) >= 11 is 6.03. The summed E-state index contributed by atoms with van der Waals surface area (Å²) in [6.45, 7) is 4.23. The van der Waals surface area contributed by atoms with E-state index < -0.39 is 0 Å². The molecule has 1 aromatic heterocycles. The number of rotatable bonds is 6. The van der Waals surface area contributed by atoms with Crippen LogP contribution in [0.1, 0.15) is 42.2 Å². The zero-order valence-electron chi connectivity index (χ0n) is 15.4. The van der Waals surface area contributed by atoms with E-state index in [0.717, 1.165) is 24.8 Å². The van der Waals surface area contributed by atoms with Gasteiger partial charge in [-0.3, -0.25) is 9.59 Å². The summed E-state index contributed by atoms with van der Waals surface area (Å²) in [7, 11) is 0. The average Bonchev–Trinajstić information content (AvgIpc) is 2.69. The van der Waals surface area contributed by atoms with Gasteiger partial charge < -0.3 is 10.1 Å². The van der Waals surface area contributed by atoms with Crippen LogP contribution in [0.2, 0.25) is 5.02 Å². The molecule has 1 aliphatic heterocycles. The predicted molar refractivity (Wildman–Crippen MR) is 104 cm³/mol. The minimum absolute atomic E-state index is 0.198. The molecule has 2 heterocycles. The Morgan fingerprint density at radius 1 is 1.22 bits per heavy atom. The standard InChI is InChI=1S/C20H24ClN3O3/c1-2-11-24-18(25)8-7-17(23-24)19(26)22-14-20(9-12-27-13-10-20)15-3-5-16(21)6-4-15/h3-8H,2,9-14H2,1H3,(H,22,26). The molecule has 27 heavy (non-hydrogen) atoms. The normalized spacial score (nSPS) is 16.1. The van der Waals surface area contributed by atoms with Crippen molar-refractivity contribution in [1.29, 1.82) is 0 Å². The Hall–Kier alpha value is -2.18. The summed E-state index contributed by atoms with van der Waals surface area (Å²) in [5, 5.41) is 7.88. The lowest BCUT2D eigenvalue weighted by Crippen LogP contribution is -2.45. The van der Waals surface area contributed by atoms with E-state index in [-0.39, 0.29) is 22.6 Å². The van der Waals surface area contributed by atoms with Gasteiger partial charge in [-0.05, 0) is 43.0 Å². The molecule has 144 valence electrons. The molecule has 2 aromatic rings. The lowest BCUT2D eigenvalue weighted by Gasteiger charge is -2.38. The smallest absolute Gasteiger partial charge is 0.271 e. The molecule has 0 bridgehead atoms. The van der Waals surface area contributed by atoms with Crippen molar-refractivity contribution in [2.75, 3.05) is 19.8 Å². The van der Waals surface area contributed by atoms with Crippen molar-refractivity contribution in [2.45, 2.75) is 38.1 Å². The van der Waals surface area contributed by atoms with Crippen LogP contribution in [-0.2, 0) is 16.7 Å². The van der Waals surface area contributed by atoms with Crippen molar-refractivity contribution in [3.05, 3.63) is 63.0 Å². The molecule has 0 spiro atoms. The highest BCUT2D eigenvalue weighted by atomic mass is 35.5. The van der Waals surface area contributed by atoms with Crippen LogP contribution < -0.4 is 10.9 Å². The van der Waals surface area contributed by atoms with E-state index in [9.17, 15) is 9.59 Å². The van der Waals surface area contributed by atoms with Crippen LogP contribution in [0.5, 0.6) is 0 Å². The molecule has 6 nitrogen and oxygen atoms in total. The molecule has 0 unspecified atom stereocenters. The third-order valence-corrected chi connectivity index (χ3v) is 5.28. The summed E-state index contributed by atoms with van der Waals surface area (Å²) in [4.78, 5) is 24.4. The number of hydrogen-bond donors (Lipinski definition) is 1. The molecular formula is C20H24ClN3O3. The van der Waals surface area contributed by atoms with Gasteiger partial charge in [-0.1, -0.05) is 30.7 Å². The molecule has 1 aromatic carbocycles. The minimum Gasteiger partial charge on any atom is -0.381 e. The number of nitrogens with zero attached hydrogens (tertiary/aromatic N) is 2. The van der Waals surface area contributed by atoms with Crippen molar-refractivity contribution in [3.63, 3.8) is 0 Å². The molecule has 1 saturated heterocycles. The number of nitrogens with one attached hydrogen (secondary N) is 1. The fraction of sp³-hybridized carbons (Fsp3) is 0.450. The first-order valence-corrected chi connectivity index (χ1v) is 9.62. The van der Waals surface area contributed by atoms with Gasteiger partial charge in [0.25, 0.3) is 11.5 Å². The summed E-state index contributed by atoms with van der Waals surface area (Å²) in [6.07, 6.45) is 2.41. The maximum atomic E-state index is 12.6. The fourth-order valence-electron chi connectivity index (χ4n) is 3.42. The molecule has 1 amide bonds. The Morgan fingerprint density at radius 3 is 2.59 bits per heavy atom. The molecule has 0 atom stereocenters. The second kappa shape index (κ2) is 8.67. The van der Waals surface area contributed by atoms with Crippen molar-refractivity contribution < 1.29 is 9.53 Å². The number of carbonyl (C=O) groups is 1. The van der Waals surface area contributed by atoms with Crippen LogP contribution in [0.25, 0.3) is 0 Å². The van der Waals surface area contributed by atoms with Gasteiger partial charge in [-0.25, -0.2) is 4.68 Å². The van der Waals surface area contributed by atoms with E-state index in [1.807, 2.05) is 31.2 Å². The van der Waals surface area contributed by atoms with Crippen LogP contribution in [0.3, 0.4) is 0 Å². The van der Waals surface area contributed by atoms with Crippen LogP contribution >= 0.6 is 11.6 Å². The summed E-state index contributed by atoms with van der Waals surface area (Å²) in [6, 6.07) is 10.6. The zero-order valence-corrected chi connectivity index (χ0v) is 16.2. The van der Waals surface area contributed by atoms with Gasteiger partial charge in [-0.15, -0.1) is 0 Å². The third kappa shape index (κ3) is 4.57.